The Morgan fingerprint density at radius 2 is 1.50 bits per heavy atom. The number of rotatable bonds is 6. The molecule has 0 spiro atoms. The van der Waals surface area contributed by atoms with Crippen LogP contribution in [-0.4, -0.2) is 30.9 Å². The van der Waals surface area contributed by atoms with Crippen molar-refractivity contribution in [3.63, 3.8) is 0 Å². The van der Waals surface area contributed by atoms with Crippen LogP contribution in [0, 0.1) is 0 Å². The van der Waals surface area contributed by atoms with Crippen molar-refractivity contribution in [2.45, 2.75) is 42.5 Å². The molecule has 0 aliphatic heterocycles. The van der Waals surface area contributed by atoms with Gasteiger partial charge in [-0.15, -0.1) is 0 Å². The highest BCUT2D eigenvalue weighted by Gasteiger charge is 2.43. The molecule has 2 aromatic rings. The third-order valence-corrected chi connectivity index (χ3v) is 6.46. The summed E-state index contributed by atoms with van der Waals surface area (Å²) in [6.07, 6.45) is 2.74. The molecule has 7 nitrogen and oxygen atoms in total. The lowest BCUT2D eigenvalue weighted by Gasteiger charge is -2.33. The zero-order valence-corrected chi connectivity index (χ0v) is 16.0. The maximum atomic E-state index is 12.7. The third-order valence-electron chi connectivity index (χ3n) is 4.90. The minimum atomic E-state index is -4.03. The largest absolute Gasteiger partial charge is 0.480 e. The van der Waals surface area contributed by atoms with Gasteiger partial charge in [0.2, 0.25) is 10.0 Å². The van der Waals surface area contributed by atoms with Crippen LogP contribution >= 0.6 is 0 Å². The van der Waals surface area contributed by atoms with Crippen LogP contribution in [0.25, 0.3) is 0 Å². The van der Waals surface area contributed by atoms with Crippen molar-refractivity contribution in [3.8, 4) is 0 Å². The summed E-state index contributed by atoms with van der Waals surface area (Å²) in [4.78, 5) is 23.9. The predicted molar refractivity (Wildman–Crippen MR) is 105 cm³/mol. The summed E-state index contributed by atoms with van der Waals surface area (Å²) >= 11 is 0. The number of anilines is 1. The van der Waals surface area contributed by atoms with Crippen molar-refractivity contribution in [1.29, 1.82) is 0 Å². The summed E-state index contributed by atoms with van der Waals surface area (Å²) in [7, 11) is -4.03. The Hall–Kier alpha value is -2.71. The van der Waals surface area contributed by atoms with Crippen molar-refractivity contribution in [3.05, 3.63) is 60.2 Å². The molecule has 0 unspecified atom stereocenters. The Balaban J connectivity index is 1.76. The fourth-order valence-electron chi connectivity index (χ4n) is 3.34. The molecule has 0 aromatic heterocycles. The number of amides is 1. The molecular formula is C20H22N2O5S. The van der Waals surface area contributed by atoms with E-state index >= 15 is 0 Å². The maximum absolute atomic E-state index is 12.7. The zero-order chi connectivity index (χ0) is 20.2. The molecule has 28 heavy (non-hydrogen) atoms. The van der Waals surface area contributed by atoms with Gasteiger partial charge in [0.05, 0.1) is 4.90 Å². The van der Waals surface area contributed by atoms with Gasteiger partial charge in [-0.05, 0) is 49.2 Å². The number of aliphatic carboxylic acids is 1. The molecule has 0 atom stereocenters. The molecule has 0 heterocycles. The Labute approximate surface area is 163 Å². The first kappa shape index (κ1) is 20.0. The zero-order valence-electron chi connectivity index (χ0n) is 15.2. The van der Waals surface area contributed by atoms with Gasteiger partial charge in [0.15, 0.2) is 0 Å². The number of hydrogen-bond acceptors (Lipinski definition) is 4. The molecule has 1 aliphatic rings. The fourth-order valence-corrected chi connectivity index (χ4v) is 4.76. The molecule has 0 saturated heterocycles. The summed E-state index contributed by atoms with van der Waals surface area (Å²) in [6.45, 7) is 0. The van der Waals surface area contributed by atoms with E-state index in [-0.39, 0.29) is 23.6 Å². The van der Waals surface area contributed by atoms with Crippen LogP contribution in [0.3, 0.4) is 0 Å². The molecule has 0 bridgehead atoms. The second-order valence-corrected chi connectivity index (χ2v) is 8.58. The van der Waals surface area contributed by atoms with Crippen molar-refractivity contribution < 1.29 is 23.1 Å². The number of carbonyl (C=O) groups excluding carboxylic acids is 1. The summed E-state index contributed by atoms with van der Waals surface area (Å²) in [5, 5.41) is 12.3. The first-order valence-corrected chi connectivity index (χ1v) is 10.5. The highest BCUT2D eigenvalue weighted by molar-refractivity contribution is 7.89. The second-order valence-electron chi connectivity index (χ2n) is 6.90. The number of carboxylic acid groups (broad SMARTS) is 1. The quantitative estimate of drug-likeness (QED) is 0.687. The van der Waals surface area contributed by atoms with E-state index in [2.05, 4.69) is 10.0 Å². The number of sulfonamides is 1. The highest BCUT2D eigenvalue weighted by atomic mass is 32.2. The predicted octanol–water partition coefficient (Wildman–Crippen LogP) is 3.00. The Kier molecular flexibility index (Phi) is 5.81. The summed E-state index contributed by atoms with van der Waals surface area (Å²) in [6, 6.07) is 14.3. The van der Waals surface area contributed by atoms with Gasteiger partial charge in [0, 0.05) is 11.3 Å². The van der Waals surface area contributed by atoms with Crippen LogP contribution in [0.1, 0.15) is 42.5 Å². The molecule has 1 amide bonds. The van der Waals surface area contributed by atoms with E-state index in [4.69, 9.17) is 0 Å². The van der Waals surface area contributed by atoms with Crippen LogP contribution < -0.4 is 10.0 Å². The van der Waals surface area contributed by atoms with Gasteiger partial charge in [0.1, 0.15) is 5.54 Å². The van der Waals surface area contributed by atoms with Crippen molar-refractivity contribution in [1.82, 2.24) is 4.72 Å². The van der Waals surface area contributed by atoms with Crippen LogP contribution in [0.15, 0.2) is 59.5 Å². The van der Waals surface area contributed by atoms with E-state index in [1.165, 1.54) is 24.3 Å². The van der Waals surface area contributed by atoms with Crippen LogP contribution in [0.4, 0.5) is 5.69 Å². The van der Waals surface area contributed by atoms with Gasteiger partial charge in [-0.2, -0.15) is 4.72 Å². The minimum absolute atomic E-state index is 0.0741. The lowest BCUT2D eigenvalue weighted by molar-refractivity contribution is -0.145. The first-order chi connectivity index (χ1) is 13.3. The molecule has 148 valence electrons. The SMILES string of the molecule is O=C(Nc1ccccc1)c1ccc(S(=O)(=O)NC2(C(=O)O)CCCCC2)cc1. The first-order valence-electron chi connectivity index (χ1n) is 9.06. The van der Waals surface area contributed by atoms with Crippen molar-refractivity contribution in [2.24, 2.45) is 0 Å². The van der Waals surface area contributed by atoms with E-state index in [1.807, 2.05) is 6.07 Å². The maximum Gasteiger partial charge on any atom is 0.324 e. The summed E-state index contributed by atoms with van der Waals surface area (Å²) in [5.41, 5.74) is -0.541. The number of benzene rings is 2. The topological polar surface area (TPSA) is 113 Å². The molecule has 2 aromatic carbocycles. The number of para-hydroxylation sites is 1. The average molecular weight is 402 g/mol. The summed E-state index contributed by atoms with van der Waals surface area (Å²) in [5.74, 6) is -1.52. The number of nitrogens with one attached hydrogen (secondary N) is 2. The molecule has 3 N–H and O–H groups in total. The van der Waals surface area contributed by atoms with E-state index in [0.717, 1.165) is 6.42 Å². The van der Waals surface area contributed by atoms with Gasteiger partial charge < -0.3 is 10.4 Å². The van der Waals surface area contributed by atoms with E-state index in [1.54, 1.807) is 24.3 Å². The molecule has 1 fully saturated rings. The van der Waals surface area contributed by atoms with Gasteiger partial charge in [0.25, 0.3) is 5.91 Å². The Morgan fingerprint density at radius 3 is 2.07 bits per heavy atom. The molecule has 1 saturated carbocycles. The standard InChI is InChI=1S/C20H22N2O5S/c23-18(21-16-7-3-1-4-8-16)15-9-11-17(12-10-15)28(26,27)22-20(19(24)25)13-5-2-6-14-20/h1,3-4,7-12,22H,2,5-6,13-14H2,(H,21,23)(H,24,25). The Morgan fingerprint density at radius 1 is 0.893 bits per heavy atom. The van der Waals surface area contributed by atoms with Crippen LogP contribution in [0.5, 0.6) is 0 Å². The number of carboxylic acids is 1. The molecule has 3 rings (SSSR count). The number of hydrogen-bond donors (Lipinski definition) is 3. The minimum Gasteiger partial charge on any atom is -0.480 e. The highest BCUT2D eigenvalue weighted by Crippen LogP contribution is 2.30. The van der Waals surface area contributed by atoms with Gasteiger partial charge in [-0.3, -0.25) is 9.59 Å². The van der Waals surface area contributed by atoms with Crippen molar-refractivity contribution >= 4 is 27.6 Å². The normalized spacial score (nSPS) is 16.3. The van der Waals surface area contributed by atoms with E-state index in [0.29, 0.717) is 24.1 Å². The van der Waals surface area contributed by atoms with Gasteiger partial charge >= 0.3 is 5.97 Å². The van der Waals surface area contributed by atoms with E-state index in [9.17, 15) is 23.1 Å². The van der Waals surface area contributed by atoms with Crippen molar-refractivity contribution in [2.75, 3.05) is 5.32 Å². The molecule has 1 aliphatic carbocycles. The van der Waals surface area contributed by atoms with Gasteiger partial charge in [-0.1, -0.05) is 37.5 Å². The number of carbonyl (C=O) groups is 2. The Bertz CT molecular complexity index is 950. The monoisotopic (exact) mass is 402 g/mol. The van der Waals surface area contributed by atoms with Crippen LogP contribution in [-0.2, 0) is 14.8 Å². The van der Waals surface area contributed by atoms with Gasteiger partial charge in [-0.25, -0.2) is 8.42 Å². The second kappa shape index (κ2) is 8.12. The molecule has 8 heteroatoms. The lowest BCUT2D eigenvalue weighted by Crippen LogP contribution is -2.55. The molecular weight excluding hydrogens is 380 g/mol. The fraction of sp³-hybridized carbons (Fsp3) is 0.300. The summed E-state index contributed by atoms with van der Waals surface area (Å²) < 4.78 is 27.8. The third kappa shape index (κ3) is 4.40. The smallest absolute Gasteiger partial charge is 0.324 e. The van der Waals surface area contributed by atoms with Crippen LogP contribution in [0.2, 0.25) is 0 Å². The average Bonchev–Trinajstić information content (AvgIpc) is 2.69. The lowest BCUT2D eigenvalue weighted by atomic mass is 9.83. The molecule has 0 radical (unpaired) electrons. The van der Waals surface area contributed by atoms with E-state index < -0.39 is 21.5 Å².